The maximum Gasteiger partial charge on any atom is 0.241 e. The van der Waals surface area contributed by atoms with E-state index < -0.39 is 10.0 Å². The molecule has 0 amide bonds. The van der Waals surface area contributed by atoms with Crippen molar-refractivity contribution in [1.82, 2.24) is 9.97 Å². The van der Waals surface area contributed by atoms with Gasteiger partial charge in [0.2, 0.25) is 15.9 Å². The molecule has 0 spiro atoms. The summed E-state index contributed by atoms with van der Waals surface area (Å²) in [7, 11) is -3.82. The minimum atomic E-state index is -3.82. The Hall–Kier alpha value is -2.71. The van der Waals surface area contributed by atoms with E-state index in [9.17, 15) is 8.42 Å². The fraction of sp³-hybridized carbons (Fsp3) is 0.176. The Balaban J connectivity index is 1.65. The first-order valence-corrected chi connectivity index (χ1v) is 9.21. The molecule has 0 unspecified atom stereocenters. The number of primary sulfonamides is 1. The minimum absolute atomic E-state index is 0.0319. The SMILES string of the molecule is Cc1ccc(-c2nc(CCNc3ncccc3S(N)(=O)=O)co2)cc1. The van der Waals surface area contributed by atoms with Gasteiger partial charge in [-0.25, -0.2) is 23.5 Å². The predicted molar refractivity (Wildman–Crippen MR) is 94.5 cm³/mol. The van der Waals surface area contributed by atoms with Crippen LogP contribution in [-0.2, 0) is 16.4 Å². The van der Waals surface area contributed by atoms with Crippen molar-refractivity contribution in [3.63, 3.8) is 0 Å². The second-order valence-electron chi connectivity index (χ2n) is 5.58. The van der Waals surface area contributed by atoms with Crippen LogP contribution in [0, 0.1) is 6.92 Å². The van der Waals surface area contributed by atoms with Crippen molar-refractivity contribution in [2.75, 3.05) is 11.9 Å². The minimum Gasteiger partial charge on any atom is -0.444 e. The molecule has 3 N–H and O–H groups in total. The molecule has 0 aliphatic heterocycles. The molecule has 0 aliphatic carbocycles. The highest BCUT2D eigenvalue weighted by atomic mass is 32.2. The fourth-order valence-corrected chi connectivity index (χ4v) is 2.98. The van der Waals surface area contributed by atoms with Crippen molar-refractivity contribution in [3.8, 4) is 11.5 Å². The topological polar surface area (TPSA) is 111 Å². The van der Waals surface area contributed by atoms with Gasteiger partial charge in [-0.1, -0.05) is 17.7 Å². The number of hydrogen-bond donors (Lipinski definition) is 2. The Kier molecular flexibility index (Phi) is 4.82. The van der Waals surface area contributed by atoms with E-state index in [1.807, 2.05) is 31.2 Å². The van der Waals surface area contributed by atoms with Gasteiger partial charge in [-0.15, -0.1) is 0 Å². The van der Waals surface area contributed by atoms with Crippen LogP contribution in [0.5, 0.6) is 0 Å². The maximum atomic E-state index is 11.5. The van der Waals surface area contributed by atoms with Crippen LogP contribution in [0.25, 0.3) is 11.5 Å². The van der Waals surface area contributed by atoms with E-state index in [4.69, 9.17) is 9.56 Å². The van der Waals surface area contributed by atoms with Crippen molar-refractivity contribution < 1.29 is 12.8 Å². The third-order valence-corrected chi connectivity index (χ3v) is 4.54. The number of aromatic nitrogens is 2. The van der Waals surface area contributed by atoms with Gasteiger partial charge < -0.3 is 9.73 Å². The monoisotopic (exact) mass is 358 g/mol. The van der Waals surface area contributed by atoms with E-state index in [1.165, 1.54) is 23.9 Å². The van der Waals surface area contributed by atoms with Crippen LogP contribution in [0.2, 0.25) is 0 Å². The molecular weight excluding hydrogens is 340 g/mol. The number of pyridine rings is 1. The number of benzene rings is 1. The van der Waals surface area contributed by atoms with Crippen LogP contribution in [0.15, 0.2) is 58.2 Å². The number of sulfonamides is 1. The predicted octanol–water partition coefficient (Wildman–Crippen LogP) is 2.35. The molecule has 2 heterocycles. The maximum absolute atomic E-state index is 11.5. The Bertz CT molecular complexity index is 966. The van der Waals surface area contributed by atoms with Gasteiger partial charge in [-0.2, -0.15) is 0 Å². The van der Waals surface area contributed by atoms with E-state index in [1.54, 1.807) is 6.26 Å². The molecule has 0 saturated carbocycles. The summed E-state index contributed by atoms with van der Waals surface area (Å²) in [6, 6.07) is 10.8. The number of rotatable bonds is 6. The number of nitrogens with two attached hydrogens (primary N) is 1. The van der Waals surface area contributed by atoms with E-state index in [0.29, 0.717) is 18.9 Å². The van der Waals surface area contributed by atoms with Gasteiger partial charge in [-0.3, -0.25) is 0 Å². The van der Waals surface area contributed by atoms with Crippen molar-refractivity contribution in [2.45, 2.75) is 18.2 Å². The summed E-state index contributed by atoms with van der Waals surface area (Å²) < 4.78 is 28.6. The van der Waals surface area contributed by atoms with Crippen LogP contribution >= 0.6 is 0 Å². The summed E-state index contributed by atoms with van der Waals surface area (Å²) in [5.74, 6) is 0.783. The second kappa shape index (κ2) is 7.04. The Morgan fingerprint density at radius 3 is 2.68 bits per heavy atom. The van der Waals surface area contributed by atoms with E-state index >= 15 is 0 Å². The zero-order valence-corrected chi connectivity index (χ0v) is 14.5. The van der Waals surface area contributed by atoms with Crippen LogP contribution in [-0.4, -0.2) is 24.9 Å². The average Bonchev–Trinajstić information content (AvgIpc) is 3.04. The van der Waals surface area contributed by atoms with Crippen molar-refractivity contribution in [1.29, 1.82) is 0 Å². The summed E-state index contributed by atoms with van der Waals surface area (Å²) in [6.07, 6.45) is 3.65. The first-order valence-electron chi connectivity index (χ1n) is 7.66. The smallest absolute Gasteiger partial charge is 0.241 e. The van der Waals surface area contributed by atoms with Crippen LogP contribution < -0.4 is 10.5 Å². The standard InChI is InChI=1S/C17H18N4O3S/c1-12-4-6-13(7-5-12)17-21-14(11-24-17)8-10-20-16-15(25(18,22)23)3-2-9-19-16/h2-7,9,11H,8,10H2,1H3,(H,19,20)(H2,18,22,23). The summed E-state index contributed by atoms with van der Waals surface area (Å²) >= 11 is 0. The van der Waals surface area contributed by atoms with Crippen molar-refractivity contribution >= 4 is 15.8 Å². The molecule has 0 fully saturated rings. The lowest BCUT2D eigenvalue weighted by Crippen LogP contribution is -2.17. The fourth-order valence-electron chi connectivity index (χ4n) is 2.31. The highest BCUT2D eigenvalue weighted by molar-refractivity contribution is 7.89. The van der Waals surface area contributed by atoms with Crippen LogP contribution in [0.4, 0.5) is 5.82 Å². The van der Waals surface area contributed by atoms with Crippen LogP contribution in [0.1, 0.15) is 11.3 Å². The quantitative estimate of drug-likeness (QED) is 0.700. The Morgan fingerprint density at radius 2 is 1.96 bits per heavy atom. The zero-order valence-electron chi connectivity index (χ0n) is 13.6. The van der Waals surface area contributed by atoms with Gasteiger partial charge in [0, 0.05) is 24.7 Å². The molecule has 0 bridgehead atoms. The number of anilines is 1. The van der Waals surface area contributed by atoms with Gasteiger partial charge in [0.1, 0.15) is 17.0 Å². The lowest BCUT2D eigenvalue weighted by molar-refractivity contribution is 0.572. The molecular formula is C17H18N4O3S. The largest absolute Gasteiger partial charge is 0.444 e. The van der Waals surface area contributed by atoms with Gasteiger partial charge in [-0.05, 0) is 31.2 Å². The Labute approximate surface area is 146 Å². The summed E-state index contributed by atoms with van der Waals surface area (Å²) in [6.45, 7) is 2.46. The van der Waals surface area contributed by atoms with Crippen LogP contribution in [0.3, 0.4) is 0 Å². The molecule has 8 heteroatoms. The highest BCUT2D eigenvalue weighted by Gasteiger charge is 2.14. The number of nitrogens with zero attached hydrogens (tertiary/aromatic N) is 2. The third kappa shape index (κ3) is 4.23. The van der Waals surface area contributed by atoms with Gasteiger partial charge >= 0.3 is 0 Å². The van der Waals surface area contributed by atoms with E-state index in [2.05, 4.69) is 15.3 Å². The van der Waals surface area contributed by atoms with Gasteiger partial charge in [0.15, 0.2) is 0 Å². The number of oxazole rings is 1. The number of aryl methyl sites for hydroxylation is 1. The molecule has 3 aromatic rings. The van der Waals surface area contributed by atoms with Crippen molar-refractivity contribution in [2.24, 2.45) is 5.14 Å². The normalized spacial score (nSPS) is 11.4. The van der Waals surface area contributed by atoms with Crippen molar-refractivity contribution in [3.05, 3.63) is 60.1 Å². The molecule has 25 heavy (non-hydrogen) atoms. The molecule has 0 atom stereocenters. The first-order chi connectivity index (χ1) is 11.9. The number of hydrogen-bond acceptors (Lipinski definition) is 6. The average molecular weight is 358 g/mol. The highest BCUT2D eigenvalue weighted by Crippen LogP contribution is 2.20. The summed E-state index contributed by atoms with van der Waals surface area (Å²) in [5.41, 5.74) is 2.84. The number of nitrogens with one attached hydrogen (secondary N) is 1. The molecule has 0 saturated heterocycles. The molecule has 7 nitrogen and oxygen atoms in total. The molecule has 2 aromatic heterocycles. The molecule has 3 rings (SSSR count). The zero-order chi connectivity index (χ0) is 17.9. The van der Waals surface area contributed by atoms with E-state index in [-0.39, 0.29) is 10.7 Å². The summed E-state index contributed by atoms with van der Waals surface area (Å²) in [4.78, 5) is 8.43. The molecule has 1 aromatic carbocycles. The molecule has 130 valence electrons. The van der Waals surface area contributed by atoms with E-state index in [0.717, 1.165) is 11.3 Å². The van der Waals surface area contributed by atoms with Gasteiger partial charge in [0.25, 0.3) is 0 Å². The second-order valence-corrected chi connectivity index (χ2v) is 7.11. The lowest BCUT2D eigenvalue weighted by Gasteiger charge is -2.08. The molecule has 0 radical (unpaired) electrons. The first kappa shape index (κ1) is 17.1. The Morgan fingerprint density at radius 1 is 1.20 bits per heavy atom. The lowest BCUT2D eigenvalue weighted by atomic mass is 10.1. The third-order valence-electron chi connectivity index (χ3n) is 3.60. The molecule has 0 aliphatic rings. The summed E-state index contributed by atoms with van der Waals surface area (Å²) in [5, 5.41) is 8.16. The van der Waals surface area contributed by atoms with Gasteiger partial charge in [0.05, 0.1) is 5.69 Å².